The van der Waals surface area contributed by atoms with Gasteiger partial charge < -0.3 is 10.2 Å². The molecule has 1 unspecified atom stereocenters. The smallest absolute Gasteiger partial charge is 0.212 e. The highest BCUT2D eigenvalue weighted by atomic mass is 35.5. The van der Waals surface area contributed by atoms with Crippen LogP contribution in [0, 0.1) is 5.82 Å². The van der Waals surface area contributed by atoms with Gasteiger partial charge in [-0.25, -0.2) is 9.37 Å². The largest absolute Gasteiger partial charge is 0.439 e. The zero-order valence-corrected chi connectivity index (χ0v) is 8.88. The fourth-order valence-electron chi connectivity index (χ4n) is 1.27. The van der Waals surface area contributed by atoms with E-state index in [1.54, 1.807) is 0 Å². The second kappa shape index (κ2) is 3.79. The molecule has 0 fully saturated rings. The van der Waals surface area contributed by atoms with Gasteiger partial charge in [0.25, 0.3) is 0 Å². The van der Waals surface area contributed by atoms with Gasteiger partial charge in [-0.05, 0) is 12.5 Å². The van der Waals surface area contributed by atoms with Crippen molar-refractivity contribution in [2.45, 2.75) is 19.4 Å². The van der Waals surface area contributed by atoms with Crippen molar-refractivity contribution in [3.63, 3.8) is 0 Å². The summed E-state index contributed by atoms with van der Waals surface area (Å²) in [6, 6.07) is 2.39. The molecule has 0 aliphatic heterocycles. The van der Waals surface area contributed by atoms with Crippen LogP contribution in [0.3, 0.4) is 0 Å². The number of halogens is 2. The molecule has 0 bridgehead atoms. The molecule has 80 valence electrons. The minimum atomic E-state index is -0.517. The lowest BCUT2D eigenvalue weighted by atomic mass is 10.2. The fourth-order valence-corrected chi connectivity index (χ4v) is 1.43. The van der Waals surface area contributed by atoms with E-state index in [-0.39, 0.29) is 11.1 Å². The van der Waals surface area contributed by atoms with Gasteiger partial charge in [0.05, 0.1) is 11.1 Å². The monoisotopic (exact) mass is 228 g/mol. The van der Waals surface area contributed by atoms with Gasteiger partial charge in [0, 0.05) is 6.07 Å². The van der Waals surface area contributed by atoms with Gasteiger partial charge >= 0.3 is 0 Å². The second-order valence-electron chi connectivity index (χ2n) is 3.30. The molecule has 2 aromatic rings. The van der Waals surface area contributed by atoms with Gasteiger partial charge in [0.15, 0.2) is 5.58 Å². The predicted molar refractivity (Wildman–Crippen MR) is 56.2 cm³/mol. The van der Waals surface area contributed by atoms with E-state index in [1.165, 1.54) is 12.1 Å². The van der Waals surface area contributed by atoms with Crippen LogP contribution in [0.4, 0.5) is 4.39 Å². The average Bonchev–Trinajstić information content (AvgIpc) is 2.60. The molecule has 15 heavy (non-hydrogen) atoms. The quantitative estimate of drug-likeness (QED) is 0.860. The number of benzene rings is 1. The first-order valence-corrected chi connectivity index (χ1v) is 5.00. The molecule has 2 N–H and O–H groups in total. The fraction of sp³-hybridized carbons (Fsp3) is 0.300. The van der Waals surface area contributed by atoms with Gasteiger partial charge in [-0.1, -0.05) is 18.5 Å². The van der Waals surface area contributed by atoms with Crippen LogP contribution in [0.1, 0.15) is 25.3 Å². The average molecular weight is 229 g/mol. The van der Waals surface area contributed by atoms with Crippen LogP contribution in [0.5, 0.6) is 0 Å². The van der Waals surface area contributed by atoms with E-state index in [1.807, 2.05) is 6.92 Å². The van der Waals surface area contributed by atoms with Crippen molar-refractivity contribution in [1.29, 1.82) is 0 Å². The summed E-state index contributed by atoms with van der Waals surface area (Å²) in [7, 11) is 0. The van der Waals surface area contributed by atoms with E-state index in [0.29, 0.717) is 23.4 Å². The van der Waals surface area contributed by atoms with Gasteiger partial charge in [0.1, 0.15) is 11.3 Å². The third kappa shape index (κ3) is 1.82. The predicted octanol–water partition coefficient (Wildman–Crippen LogP) is 3.03. The van der Waals surface area contributed by atoms with E-state index >= 15 is 0 Å². The van der Waals surface area contributed by atoms with E-state index < -0.39 is 5.82 Å². The number of aromatic nitrogens is 1. The number of hydrogen-bond donors (Lipinski definition) is 1. The number of hydrogen-bond acceptors (Lipinski definition) is 3. The number of oxazole rings is 1. The van der Waals surface area contributed by atoms with Crippen LogP contribution < -0.4 is 5.73 Å². The lowest BCUT2D eigenvalue weighted by Gasteiger charge is -2.00. The summed E-state index contributed by atoms with van der Waals surface area (Å²) in [5, 5.41) is 0.0346. The first kappa shape index (κ1) is 10.4. The second-order valence-corrected chi connectivity index (χ2v) is 3.71. The maximum Gasteiger partial charge on any atom is 0.212 e. The van der Waals surface area contributed by atoms with Crippen molar-refractivity contribution >= 4 is 22.7 Å². The molecule has 1 heterocycles. The van der Waals surface area contributed by atoms with E-state index in [0.717, 1.165) is 0 Å². The number of rotatable bonds is 2. The summed E-state index contributed by atoms with van der Waals surface area (Å²) in [6.45, 7) is 1.92. The molecule has 0 saturated carbocycles. The number of nitrogens with two attached hydrogens (primary N) is 1. The third-order valence-corrected chi connectivity index (χ3v) is 2.49. The normalized spacial score (nSPS) is 13.3. The molecule has 0 saturated heterocycles. The lowest BCUT2D eigenvalue weighted by molar-refractivity contribution is 0.467. The van der Waals surface area contributed by atoms with Crippen molar-refractivity contribution in [2.75, 3.05) is 0 Å². The van der Waals surface area contributed by atoms with Crippen molar-refractivity contribution < 1.29 is 8.81 Å². The van der Waals surface area contributed by atoms with Crippen molar-refractivity contribution in [3.05, 3.63) is 28.9 Å². The molecule has 2 rings (SSSR count). The standard InChI is InChI=1S/C10H10ClFN2O/c1-2-7(13)10-14-8-3-5(11)6(12)4-9(8)15-10/h3-4,7H,2,13H2,1H3. The van der Waals surface area contributed by atoms with Crippen LogP contribution >= 0.6 is 11.6 Å². The number of nitrogens with zero attached hydrogens (tertiary/aromatic N) is 1. The van der Waals surface area contributed by atoms with E-state index in [4.69, 9.17) is 21.8 Å². The Balaban J connectivity index is 2.56. The Hall–Kier alpha value is -1.13. The Labute approximate surface area is 91.0 Å². The maximum absolute atomic E-state index is 13.1. The summed E-state index contributed by atoms with van der Waals surface area (Å²) < 4.78 is 18.4. The molecule has 1 aromatic heterocycles. The highest BCUT2D eigenvalue weighted by Crippen LogP contribution is 2.25. The zero-order chi connectivity index (χ0) is 11.0. The molecule has 0 radical (unpaired) electrons. The summed E-state index contributed by atoms with van der Waals surface area (Å²) in [5.74, 6) is -0.105. The highest BCUT2D eigenvalue weighted by Gasteiger charge is 2.13. The van der Waals surface area contributed by atoms with Crippen LogP contribution in [-0.2, 0) is 0 Å². The summed E-state index contributed by atoms with van der Waals surface area (Å²) in [6.07, 6.45) is 0.711. The summed E-state index contributed by atoms with van der Waals surface area (Å²) in [4.78, 5) is 4.14. The molecule has 0 amide bonds. The molecule has 1 atom stereocenters. The van der Waals surface area contributed by atoms with Crippen LogP contribution in [0.15, 0.2) is 16.5 Å². The molecular weight excluding hydrogens is 219 g/mol. The molecule has 1 aromatic carbocycles. The minimum Gasteiger partial charge on any atom is -0.439 e. The first-order chi connectivity index (χ1) is 7.11. The van der Waals surface area contributed by atoms with E-state index in [2.05, 4.69) is 4.98 Å². The van der Waals surface area contributed by atoms with Crippen molar-refractivity contribution in [1.82, 2.24) is 4.98 Å². The molecule has 0 aliphatic carbocycles. The zero-order valence-electron chi connectivity index (χ0n) is 8.13. The first-order valence-electron chi connectivity index (χ1n) is 4.63. The Bertz CT molecular complexity index is 458. The van der Waals surface area contributed by atoms with Crippen LogP contribution in [0.2, 0.25) is 5.02 Å². The molecule has 0 spiro atoms. The summed E-state index contributed by atoms with van der Waals surface area (Å²) >= 11 is 5.62. The molecule has 3 nitrogen and oxygen atoms in total. The van der Waals surface area contributed by atoms with Crippen molar-refractivity contribution in [3.8, 4) is 0 Å². The Morgan fingerprint density at radius 3 is 3.00 bits per heavy atom. The van der Waals surface area contributed by atoms with Crippen LogP contribution in [0.25, 0.3) is 11.1 Å². The lowest BCUT2D eigenvalue weighted by Crippen LogP contribution is -2.08. The van der Waals surface area contributed by atoms with Crippen molar-refractivity contribution in [2.24, 2.45) is 5.73 Å². The Morgan fingerprint density at radius 2 is 2.33 bits per heavy atom. The maximum atomic E-state index is 13.1. The minimum absolute atomic E-state index is 0.0346. The van der Waals surface area contributed by atoms with Gasteiger partial charge in [-0.15, -0.1) is 0 Å². The molecular formula is C10H10ClFN2O. The van der Waals surface area contributed by atoms with E-state index in [9.17, 15) is 4.39 Å². The Morgan fingerprint density at radius 1 is 1.60 bits per heavy atom. The van der Waals surface area contributed by atoms with Gasteiger partial charge in [0.2, 0.25) is 5.89 Å². The third-order valence-electron chi connectivity index (χ3n) is 2.20. The Kier molecular flexibility index (Phi) is 2.63. The number of fused-ring (bicyclic) bond motifs is 1. The SMILES string of the molecule is CCC(N)c1nc2cc(Cl)c(F)cc2o1. The van der Waals surface area contributed by atoms with Gasteiger partial charge in [-0.3, -0.25) is 0 Å². The highest BCUT2D eigenvalue weighted by molar-refractivity contribution is 6.31. The topological polar surface area (TPSA) is 52.0 Å². The summed E-state index contributed by atoms with van der Waals surface area (Å²) in [5.41, 5.74) is 6.65. The van der Waals surface area contributed by atoms with Crippen LogP contribution in [-0.4, -0.2) is 4.98 Å². The molecule has 5 heteroatoms. The molecule has 0 aliphatic rings. The van der Waals surface area contributed by atoms with Gasteiger partial charge in [-0.2, -0.15) is 0 Å².